The third-order valence-corrected chi connectivity index (χ3v) is 2.77. The number of carbonyl (C=O) groups is 1. The first-order valence-electron chi connectivity index (χ1n) is 5.85. The minimum Gasteiger partial charge on any atom is -0.383 e. The SMILES string of the molecule is CCC(COC)NCC(=O)N1CCOCC1. The summed E-state index contributed by atoms with van der Waals surface area (Å²) in [4.78, 5) is 13.6. The van der Waals surface area contributed by atoms with E-state index in [0.29, 0.717) is 39.5 Å². The van der Waals surface area contributed by atoms with Gasteiger partial charge in [0.25, 0.3) is 0 Å². The molecule has 5 heteroatoms. The monoisotopic (exact) mass is 230 g/mol. The van der Waals surface area contributed by atoms with Crippen LogP contribution in [0.1, 0.15) is 13.3 Å². The Hall–Kier alpha value is -0.650. The summed E-state index contributed by atoms with van der Waals surface area (Å²) in [6.07, 6.45) is 0.963. The van der Waals surface area contributed by atoms with E-state index in [1.54, 1.807) is 7.11 Å². The quantitative estimate of drug-likeness (QED) is 0.690. The molecule has 5 nitrogen and oxygen atoms in total. The molecule has 0 radical (unpaired) electrons. The number of methoxy groups -OCH3 is 1. The Morgan fingerprint density at radius 1 is 1.50 bits per heavy atom. The highest BCUT2D eigenvalue weighted by Crippen LogP contribution is 1.98. The van der Waals surface area contributed by atoms with Gasteiger partial charge in [-0.25, -0.2) is 0 Å². The van der Waals surface area contributed by atoms with Gasteiger partial charge in [0.2, 0.25) is 5.91 Å². The fourth-order valence-corrected chi connectivity index (χ4v) is 1.68. The minimum atomic E-state index is 0.151. The number of hydrogen-bond donors (Lipinski definition) is 1. The van der Waals surface area contributed by atoms with E-state index in [-0.39, 0.29) is 11.9 Å². The zero-order chi connectivity index (χ0) is 11.8. The molecule has 0 aromatic heterocycles. The van der Waals surface area contributed by atoms with Crippen molar-refractivity contribution in [2.24, 2.45) is 0 Å². The van der Waals surface area contributed by atoms with Crippen LogP contribution in [0.3, 0.4) is 0 Å². The van der Waals surface area contributed by atoms with Gasteiger partial charge in [-0.15, -0.1) is 0 Å². The molecule has 94 valence electrons. The van der Waals surface area contributed by atoms with Crippen molar-refractivity contribution in [1.82, 2.24) is 10.2 Å². The molecule has 1 aliphatic heterocycles. The maximum Gasteiger partial charge on any atom is 0.236 e. The molecule has 1 rings (SSSR count). The van der Waals surface area contributed by atoms with Gasteiger partial charge in [-0.3, -0.25) is 4.79 Å². The molecule has 1 unspecified atom stereocenters. The lowest BCUT2D eigenvalue weighted by Crippen LogP contribution is -2.47. The normalized spacial score (nSPS) is 18.5. The highest BCUT2D eigenvalue weighted by molar-refractivity contribution is 5.78. The largest absolute Gasteiger partial charge is 0.383 e. The van der Waals surface area contributed by atoms with Crippen LogP contribution in [0.15, 0.2) is 0 Å². The number of nitrogens with zero attached hydrogens (tertiary/aromatic N) is 1. The Morgan fingerprint density at radius 3 is 2.75 bits per heavy atom. The van der Waals surface area contributed by atoms with E-state index in [2.05, 4.69) is 12.2 Å². The Bertz CT molecular complexity index is 205. The number of hydrogen-bond acceptors (Lipinski definition) is 4. The minimum absolute atomic E-state index is 0.151. The Labute approximate surface area is 97.1 Å². The molecule has 0 saturated carbocycles. The van der Waals surface area contributed by atoms with Crippen LogP contribution in [0.25, 0.3) is 0 Å². The molecule has 1 aliphatic rings. The molecule has 1 atom stereocenters. The van der Waals surface area contributed by atoms with Crippen molar-refractivity contribution in [1.29, 1.82) is 0 Å². The van der Waals surface area contributed by atoms with Gasteiger partial charge in [-0.1, -0.05) is 6.92 Å². The highest BCUT2D eigenvalue weighted by atomic mass is 16.5. The summed E-state index contributed by atoms with van der Waals surface area (Å²) in [5.41, 5.74) is 0. The molecule has 1 N–H and O–H groups in total. The van der Waals surface area contributed by atoms with Crippen molar-refractivity contribution in [3.8, 4) is 0 Å². The maximum absolute atomic E-state index is 11.8. The number of nitrogens with one attached hydrogen (secondary N) is 1. The fourth-order valence-electron chi connectivity index (χ4n) is 1.68. The van der Waals surface area contributed by atoms with Gasteiger partial charge >= 0.3 is 0 Å². The van der Waals surface area contributed by atoms with E-state index in [0.717, 1.165) is 6.42 Å². The van der Waals surface area contributed by atoms with Gasteiger partial charge in [0, 0.05) is 26.2 Å². The Balaban J connectivity index is 2.22. The molecule has 0 spiro atoms. The fraction of sp³-hybridized carbons (Fsp3) is 0.909. The van der Waals surface area contributed by atoms with E-state index < -0.39 is 0 Å². The highest BCUT2D eigenvalue weighted by Gasteiger charge is 2.17. The van der Waals surface area contributed by atoms with Gasteiger partial charge in [-0.05, 0) is 6.42 Å². The molecule has 0 bridgehead atoms. The Morgan fingerprint density at radius 2 is 2.19 bits per heavy atom. The molecular weight excluding hydrogens is 208 g/mol. The third kappa shape index (κ3) is 4.47. The van der Waals surface area contributed by atoms with Crippen LogP contribution in [-0.2, 0) is 14.3 Å². The first-order valence-corrected chi connectivity index (χ1v) is 5.85. The van der Waals surface area contributed by atoms with Crippen molar-refractivity contribution in [3.63, 3.8) is 0 Å². The summed E-state index contributed by atoms with van der Waals surface area (Å²) >= 11 is 0. The van der Waals surface area contributed by atoms with E-state index in [4.69, 9.17) is 9.47 Å². The van der Waals surface area contributed by atoms with Crippen molar-refractivity contribution in [3.05, 3.63) is 0 Å². The predicted octanol–water partition coefficient (Wildman–Crippen LogP) is -0.140. The van der Waals surface area contributed by atoms with Crippen molar-refractivity contribution < 1.29 is 14.3 Å². The van der Waals surface area contributed by atoms with Gasteiger partial charge in [0.1, 0.15) is 0 Å². The summed E-state index contributed by atoms with van der Waals surface area (Å²) in [6.45, 7) is 5.84. The smallest absolute Gasteiger partial charge is 0.236 e. The molecule has 0 aromatic carbocycles. The van der Waals surface area contributed by atoms with Crippen LogP contribution in [0.2, 0.25) is 0 Å². The maximum atomic E-state index is 11.8. The molecule has 1 amide bonds. The Kier molecular flexibility index (Phi) is 6.37. The van der Waals surface area contributed by atoms with E-state index in [9.17, 15) is 4.79 Å². The average molecular weight is 230 g/mol. The van der Waals surface area contributed by atoms with Gasteiger partial charge in [-0.2, -0.15) is 0 Å². The number of amides is 1. The van der Waals surface area contributed by atoms with Gasteiger partial charge in [0.05, 0.1) is 26.4 Å². The summed E-state index contributed by atoms with van der Waals surface area (Å²) in [5, 5.41) is 3.21. The summed E-state index contributed by atoms with van der Waals surface area (Å²) < 4.78 is 10.3. The van der Waals surface area contributed by atoms with Crippen LogP contribution in [-0.4, -0.2) is 63.4 Å². The average Bonchev–Trinajstić information content (AvgIpc) is 2.35. The molecular formula is C11H22N2O3. The van der Waals surface area contributed by atoms with Crippen LogP contribution in [0.4, 0.5) is 0 Å². The molecule has 1 fully saturated rings. The van der Waals surface area contributed by atoms with Gasteiger partial charge < -0.3 is 19.7 Å². The van der Waals surface area contributed by atoms with Crippen LogP contribution < -0.4 is 5.32 Å². The predicted molar refractivity (Wildman–Crippen MR) is 61.4 cm³/mol. The number of rotatable bonds is 6. The standard InChI is InChI=1S/C11H22N2O3/c1-3-10(9-15-2)12-8-11(14)13-4-6-16-7-5-13/h10,12H,3-9H2,1-2H3. The lowest BCUT2D eigenvalue weighted by atomic mass is 10.2. The second-order valence-corrected chi connectivity index (χ2v) is 3.93. The molecule has 1 heterocycles. The first kappa shape index (κ1) is 13.4. The second kappa shape index (κ2) is 7.60. The zero-order valence-corrected chi connectivity index (χ0v) is 10.2. The lowest BCUT2D eigenvalue weighted by Gasteiger charge is -2.27. The van der Waals surface area contributed by atoms with Crippen molar-refractivity contribution in [2.45, 2.75) is 19.4 Å². The first-order chi connectivity index (χ1) is 7.77. The summed E-state index contributed by atoms with van der Waals surface area (Å²) in [5.74, 6) is 0.151. The molecule has 0 aromatic rings. The number of carbonyl (C=O) groups excluding carboxylic acids is 1. The molecule has 0 aliphatic carbocycles. The number of ether oxygens (including phenoxy) is 2. The molecule has 1 saturated heterocycles. The van der Waals surface area contributed by atoms with Crippen LogP contribution in [0.5, 0.6) is 0 Å². The van der Waals surface area contributed by atoms with Crippen molar-refractivity contribution >= 4 is 5.91 Å². The zero-order valence-electron chi connectivity index (χ0n) is 10.2. The summed E-state index contributed by atoms with van der Waals surface area (Å²) in [6, 6.07) is 0.259. The second-order valence-electron chi connectivity index (χ2n) is 3.93. The van der Waals surface area contributed by atoms with Crippen molar-refractivity contribution in [2.75, 3.05) is 46.6 Å². The van der Waals surface area contributed by atoms with Crippen LogP contribution in [0, 0.1) is 0 Å². The lowest BCUT2D eigenvalue weighted by molar-refractivity contribution is -0.134. The summed E-state index contributed by atoms with van der Waals surface area (Å²) in [7, 11) is 1.67. The van der Waals surface area contributed by atoms with Crippen LogP contribution >= 0.6 is 0 Å². The van der Waals surface area contributed by atoms with Gasteiger partial charge in [0.15, 0.2) is 0 Å². The van der Waals surface area contributed by atoms with E-state index in [1.807, 2.05) is 4.90 Å². The molecule has 16 heavy (non-hydrogen) atoms. The topological polar surface area (TPSA) is 50.8 Å². The number of morpholine rings is 1. The van der Waals surface area contributed by atoms with E-state index in [1.165, 1.54) is 0 Å². The third-order valence-electron chi connectivity index (χ3n) is 2.77. The van der Waals surface area contributed by atoms with E-state index >= 15 is 0 Å².